The second-order valence-corrected chi connectivity index (χ2v) is 7.03. The van der Waals surface area contributed by atoms with Gasteiger partial charge in [0.2, 0.25) is 0 Å². The zero-order chi connectivity index (χ0) is 13.2. The molecule has 0 amide bonds. The number of rotatable bonds is 6. The fourth-order valence-electron chi connectivity index (χ4n) is 1.96. The average molecular weight is 268 g/mol. The van der Waals surface area contributed by atoms with Crippen molar-refractivity contribution in [1.82, 2.24) is 0 Å². The van der Waals surface area contributed by atoms with E-state index in [1.54, 1.807) is 25.1 Å². The minimum absolute atomic E-state index is 0.111. The Balaban J connectivity index is 2.12. The monoisotopic (exact) mass is 268 g/mol. The lowest BCUT2D eigenvalue weighted by molar-refractivity contribution is 0.596. The maximum Gasteiger partial charge on any atom is 0.180 e. The van der Waals surface area contributed by atoms with E-state index < -0.39 is 9.84 Å². The van der Waals surface area contributed by atoms with Gasteiger partial charge in [0.1, 0.15) is 0 Å². The van der Waals surface area contributed by atoms with Gasteiger partial charge in [-0.05, 0) is 30.9 Å². The molecule has 3 N–H and O–H groups in total. The lowest BCUT2D eigenvalue weighted by Crippen LogP contribution is -2.31. The Morgan fingerprint density at radius 1 is 1.39 bits per heavy atom. The first-order valence-electron chi connectivity index (χ1n) is 6.36. The third-order valence-corrected chi connectivity index (χ3v) is 5.14. The van der Waals surface area contributed by atoms with Gasteiger partial charge < -0.3 is 11.1 Å². The minimum atomic E-state index is -3.18. The summed E-state index contributed by atoms with van der Waals surface area (Å²) in [6.07, 6.45) is 2.38. The molecule has 1 aliphatic rings. The molecule has 0 bridgehead atoms. The molecule has 1 aromatic carbocycles. The average Bonchev–Trinajstić information content (AvgIpc) is 3.20. The van der Waals surface area contributed by atoms with Crippen LogP contribution in [0.4, 0.5) is 5.69 Å². The van der Waals surface area contributed by atoms with E-state index in [2.05, 4.69) is 5.32 Å². The van der Waals surface area contributed by atoms with Gasteiger partial charge in [-0.25, -0.2) is 8.42 Å². The molecule has 2 rings (SSSR count). The Morgan fingerprint density at radius 2 is 2.06 bits per heavy atom. The third-order valence-electron chi connectivity index (χ3n) is 3.36. The number of nitrogens with one attached hydrogen (secondary N) is 1. The molecule has 1 aliphatic carbocycles. The standard InChI is InChI=1S/C13H20N2O2S/c1-2-18(16,17)13-6-4-3-5-12(13)15-9-11(14)10-7-8-10/h3-6,10-11,15H,2,7-9,14H2,1H3. The number of para-hydroxylation sites is 1. The van der Waals surface area contributed by atoms with Gasteiger partial charge in [0.25, 0.3) is 0 Å². The van der Waals surface area contributed by atoms with Crippen molar-refractivity contribution in [3.05, 3.63) is 24.3 Å². The topological polar surface area (TPSA) is 72.2 Å². The SMILES string of the molecule is CCS(=O)(=O)c1ccccc1NCC(N)C1CC1. The fraction of sp³-hybridized carbons (Fsp3) is 0.538. The number of sulfone groups is 1. The van der Waals surface area contributed by atoms with Crippen LogP contribution >= 0.6 is 0 Å². The molecule has 0 saturated heterocycles. The van der Waals surface area contributed by atoms with Crippen LogP contribution in [0.1, 0.15) is 19.8 Å². The number of nitrogens with two attached hydrogens (primary N) is 1. The normalized spacial score (nSPS) is 17.4. The van der Waals surface area contributed by atoms with Gasteiger partial charge in [-0.15, -0.1) is 0 Å². The Hall–Kier alpha value is -1.07. The second kappa shape index (κ2) is 5.28. The molecular weight excluding hydrogens is 248 g/mol. The molecule has 18 heavy (non-hydrogen) atoms. The van der Waals surface area contributed by atoms with Crippen molar-refractivity contribution in [2.75, 3.05) is 17.6 Å². The van der Waals surface area contributed by atoms with Gasteiger partial charge in [-0.2, -0.15) is 0 Å². The van der Waals surface area contributed by atoms with Crippen molar-refractivity contribution < 1.29 is 8.42 Å². The summed E-state index contributed by atoms with van der Waals surface area (Å²) in [7, 11) is -3.18. The van der Waals surface area contributed by atoms with Crippen LogP contribution in [0.5, 0.6) is 0 Å². The number of benzene rings is 1. The third kappa shape index (κ3) is 3.03. The summed E-state index contributed by atoms with van der Waals surface area (Å²) >= 11 is 0. The zero-order valence-electron chi connectivity index (χ0n) is 10.6. The number of anilines is 1. The Labute approximate surface area is 108 Å². The van der Waals surface area contributed by atoms with E-state index >= 15 is 0 Å². The first-order chi connectivity index (χ1) is 8.54. The lowest BCUT2D eigenvalue weighted by Gasteiger charge is -2.15. The molecular formula is C13H20N2O2S. The molecule has 1 unspecified atom stereocenters. The van der Waals surface area contributed by atoms with E-state index in [9.17, 15) is 8.42 Å². The highest BCUT2D eigenvalue weighted by Gasteiger charge is 2.28. The molecule has 100 valence electrons. The summed E-state index contributed by atoms with van der Waals surface area (Å²) in [5, 5.41) is 3.17. The summed E-state index contributed by atoms with van der Waals surface area (Å²) in [6.45, 7) is 2.28. The highest BCUT2D eigenvalue weighted by atomic mass is 32.2. The van der Waals surface area contributed by atoms with Gasteiger partial charge in [-0.1, -0.05) is 19.1 Å². The van der Waals surface area contributed by atoms with E-state index in [0.717, 1.165) is 0 Å². The second-order valence-electron chi connectivity index (χ2n) is 4.78. The van der Waals surface area contributed by atoms with Gasteiger partial charge in [0.05, 0.1) is 16.3 Å². The van der Waals surface area contributed by atoms with Crippen LogP contribution in [-0.2, 0) is 9.84 Å². The number of hydrogen-bond acceptors (Lipinski definition) is 4. The predicted octanol–water partition coefficient (Wildman–Crippen LogP) is 1.63. The van der Waals surface area contributed by atoms with E-state index in [4.69, 9.17) is 5.73 Å². The van der Waals surface area contributed by atoms with Crippen molar-refractivity contribution in [3.8, 4) is 0 Å². The molecule has 0 spiro atoms. The molecule has 0 heterocycles. The van der Waals surface area contributed by atoms with E-state index in [-0.39, 0.29) is 11.8 Å². The molecule has 0 aliphatic heterocycles. The first kappa shape index (κ1) is 13.4. The molecule has 0 aromatic heterocycles. The molecule has 1 atom stereocenters. The van der Waals surface area contributed by atoms with E-state index in [1.807, 2.05) is 6.07 Å². The van der Waals surface area contributed by atoms with Crippen LogP contribution in [0.3, 0.4) is 0 Å². The Bertz CT molecular complexity index is 509. The quantitative estimate of drug-likeness (QED) is 0.822. The summed E-state index contributed by atoms with van der Waals surface area (Å²) in [6, 6.07) is 7.13. The molecule has 5 heteroatoms. The highest BCUT2D eigenvalue weighted by Crippen LogP contribution is 2.32. The number of hydrogen-bond donors (Lipinski definition) is 2. The Morgan fingerprint density at radius 3 is 2.67 bits per heavy atom. The van der Waals surface area contributed by atoms with Gasteiger partial charge in [0, 0.05) is 12.6 Å². The van der Waals surface area contributed by atoms with E-state index in [1.165, 1.54) is 12.8 Å². The van der Waals surface area contributed by atoms with Crippen molar-refractivity contribution in [3.63, 3.8) is 0 Å². The smallest absolute Gasteiger partial charge is 0.180 e. The van der Waals surface area contributed by atoms with Gasteiger partial charge in [0.15, 0.2) is 9.84 Å². The zero-order valence-corrected chi connectivity index (χ0v) is 11.4. The van der Waals surface area contributed by atoms with Crippen LogP contribution in [0.15, 0.2) is 29.2 Å². The van der Waals surface area contributed by atoms with Crippen LogP contribution < -0.4 is 11.1 Å². The summed E-state index contributed by atoms with van der Waals surface area (Å²) < 4.78 is 23.9. The minimum Gasteiger partial charge on any atom is -0.382 e. The largest absolute Gasteiger partial charge is 0.382 e. The van der Waals surface area contributed by atoms with Gasteiger partial charge in [-0.3, -0.25) is 0 Å². The maximum atomic E-state index is 11.9. The lowest BCUT2D eigenvalue weighted by atomic mass is 10.2. The van der Waals surface area contributed by atoms with Crippen LogP contribution in [-0.4, -0.2) is 26.8 Å². The van der Waals surface area contributed by atoms with Crippen molar-refractivity contribution in [1.29, 1.82) is 0 Å². The Kier molecular flexibility index (Phi) is 3.92. The van der Waals surface area contributed by atoms with Crippen LogP contribution in [0, 0.1) is 5.92 Å². The van der Waals surface area contributed by atoms with Gasteiger partial charge >= 0.3 is 0 Å². The van der Waals surface area contributed by atoms with Crippen molar-refractivity contribution in [2.45, 2.75) is 30.7 Å². The van der Waals surface area contributed by atoms with Crippen LogP contribution in [0.25, 0.3) is 0 Å². The first-order valence-corrected chi connectivity index (χ1v) is 8.01. The summed E-state index contributed by atoms with van der Waals surface area (Å²) in [5.74, 6) is 0.716. The summed E-state index contributed by atoms with van der Waals surface area (Å²) in [5.41, 5.74) is 6.67. The maximum absolute atomic E-state index is 11.9. The molecule has 1 aromatic rings. The van der Waals surface area contributed by atoms with Crippen LogP contribution in [0.2, 0.25) is 0 Å². The highest BCUT2D eigenvalue weighted by molar-refractivity contribution is 7.91. The van der Waals surface area contributed by atoms with E-state index in [0.29, 0.717) is 23.0 Å². The summed E-state index contributed by atoms with van der Waals surface area (Å²) in [4.78, 5) is 0.371. The fourth-order valence-corrected chi connectivity index (χ4v) is 3.03. The molecule has 0 radical (unpaired) electrons. The van der Waals surface area contributed by atoms with Crippen molar-refractivity contribution in [2.24, 2.45) is 11.7 Å². The molecule has 1 saturated carbocycles. The van der Waals surface area contributed by atoms with Crippen molar-refractivity contribution >= 4 is 15.5 Å². The molecule has 4 nitrogen and oxygen atoms in total. The molecule has 1 fully saturated rings. The predicted molar refractivity (Wildman–Crippen MR) is 73.4 cm³/mol.